The van der Waals surface area contributed by atoms with Gasteiger partial charge in [0.1, 0.15) is 11.3 Å². The molecule has 0 atom stereocenters. The largest absolute Gasteiger partial charge is 0.443 e. The third kappa shape index (κ3) is 1.18. The number of fused-ring (bicyclic) bond motifs is 1. The number of hydrogen-bond donors (Lipinski definition) is 1. The van der Waals surface area contributed by atoms with Gasteiger partial charge in [-0.2, -0.15) is 5.10 Å². The van der Waals surface area contributed by atoms with Crippen LogP contribution in [-0.2, 0) is 7.05 Å². The minimum Gasteiger partial charge on any atom is -0.443 e. The average molecular weight is 214 g/mol. The summed E-state index contributed by atoms with van der Waals surface area (Å²) in [5.74, 6) is 0.621. The van der Waals surface area contributed by atoms with E-state index in [1.165, 1.54) is 6.39 Å². The molecule has 2 aromatic heterocycles. The summed E-state index contributed by atoms with van der Waals surface area (Å²) in [6, 6.07) is 7.56. The van der Waals surface area contributed by atoms with Gasteiger partial charge in [-0.25, -0.2) is 4.98 Å². The van der Waals surface area contributed by atoms with Gasteiger partial charge in [-0.05, 0) is 6.07 Å². The Labute approximate surface area is 91.5 Å². The Kier molecular flexibility index (Phi) is 1.73. The maximum atomic E-state index is 5.75. The molecule has 0 aliphatic heterocycles. The normalized spacial score (nSPS) is 11.1. The van der Waals surface area contributed by atoms with Crippen molar-refractivity contribution < 1.29 is 4.42 Å². The summed E-state index contributed by atoms with van der Waals surface area (Å²) < 4.78 is 6.87. The lowest BCUT2D eigenvalue weighted by molar-refractivity contribution is 0.602. The van der Waals surface area contributed by atoms with Gasteiger partial charge >= 0.3 is 0 Å². The van der Waals surface area contributed by atoms with E-state index in [2.05, 4.69) is 10.1 Å². The number of hydrogen-bond acceptors (Lipinski definition) is 4. The van der Waals surface area contributed by atoms with E-state index in [0.717, 1.165) is 22.4 Å². The van der Waals surface area contributed by atoms with Crippen molar-refractivity contribution in [2.75, 3.05) is 5.73 Å². The predicted molar refractivity (Wildman–Crippen MR) is 60.6 cm³/mol. The SMILES string of the molecule is Cn1nc(-c2cccc3ocnc23)cc1N. The molecule has 0 saturated carbocycles. The van der Waals surface area contributed by atoms with Crippen LogP contribution in [0.15, 0.2) is 35.1 Å². The zero-order valence-corrected chi connectivity index (χ0v) is 8.71. The first-order chi connectivity index (χ1) is 7.75. The molecule has 0 bridgehead atoms. The van der Waals surface area contributed by atoms with Crippen LogP contribution in [0, 0.1) is 0 Å². The number of oxazole rings is 1. The van der Waals surface area contributed by atoms with Crippen LogP contribution in [0.4, 0.5) is 5.82 Å². The molecular formula is C11H10N4O. The van der Waals surface area contributed by atoms with Crippen molar-refractivity contribution >= 4 is 16.9 Å². The lowest BCUT2D eigenvalue weighted by atomic mass is 10.1. The van der Waals surface area contributed by atoms with Gasteiger partial charge < -0.3 is 10.2 Å². The highest BCUT2D eigenvalue weighted by Gasteiger charge is 2.10. The molecule has 0 fully saturated rings. The molecule has 2 heterocycles. The van der Waals surface area contributed by atoms with Gasteiger partial charge in [0.15, 0.2) is 12.0 Å². The smallest absolute Gasteiger partial charge is 0.182 e. The maximum absolute atomic E-state index is 5.75. The summed E-state index contributed by atoms with van der Waals surface area (Å²) in [4.78, 5) is 4.18. The first-order valence-electron chi connectivity index (χ1n) is 4.88. The molecule has 16 heavy (non-hydrogen) atoms. The molecule has 5 heteroatoms. The summed E-state index contributed by atoms with van der Waals surface area (Å²) >= 11 is 0. The molecule has 0 unspecified atom stereocenters. The molecule has 0 saturated heterocycles. The number of nitrogens with two attached hydrogens (primary N) is 1. The Morgan fingerprint density at radius 1 is 1.38 bits per heavy atom. The lowest BCUT2D eigenvalue weighted by Gasteiger charge is -1.96. The van der Waals surface area contributed by atoms with Gasteiger partial charge in [-0.15, -0.1) is 0 Å². The lowest BCUT2D eigenvalue weighted by Crippen LogP contribution is -1.96. The van der Waals surface area contributed by atoms with Crippen LogP contribution in [0.2, 0.25) is 0 Å². The Hall–Kier alpha value is -2.30. The van der Waals surface area contributed by atoms with E-state index in [-0.39, 0.29) is 0 Å². The summed E-state index contributed by atoms with van der Waals surface area (Å²) in [5.41, 5.74) is 9.05. The van der Waals surface area contributed by atoms with Gasteiger partial charge in [0.25, 0.3) is 0 Å². The molecule has 80 valence electrons. The Morgan fingerprint density at radius 2 is 2.25 bits per heavy atom. The average Bonchev–Trinajstić information content (AvgIpc) is 2.85. The number of aryl methyl sites for hydroxylation is 1. The topological polar surface area (TPSA) is 69.9 Å². The van der Waals surface area contributed by atoms with Crippen molar-refractivity contribution in [2.24, 2.45) is 7.05 Å². The fourth-order valence-corrected chi connectivity index (χ4v) is 1.71. The monoisotopic (exact) mass is 214 g/mol. The van der Waals surface area contributed by atoms with Crippen LogP contribution in [0.3, 0.4) is 0 Å². The second-order valence-electron chi connectivity index (χ2n) is 3.58. The van der Waals surface area contributed by atoms with Crippen molar-refractivity contribution in [1.29, 1.82) is 0 Å². The van der Waals surface area contributed by atoms with Gasteiger partial charge in [-0.1, -0.05) is 12.1 Å². The van der Waals surface area contributed by atoms with E-state index in [9.17, 15) is 0 Å². The molecule has 0 radical (unpaired) electrons. The number of nitrogen functional groups attached to an aromatic ring is 1. The number of aromatic nitrogens is 3. The summed E-state index contributed by atoms with van der Waals surface area (Å²) in [5, 5.41) is 4.32. The highest BCUT2D eigenvalue weighted by molar-refractivity contribution is 5.89. The highest BCUT2D eigenvalue weighted by Crippen LogP contribution is 2.27. The Bertz CT molecular complexity index is 633. The molecule has 0 aliphatic rings. The van der Waals surface area contributed by atoms with Crippen LogP contribution in [0.5, 0.6) is 0 Å². The van der Waals surface area contributed by atoms with Gasteiger partial charge in [0.05, 0.1) is 5.69 Å². The summed E-state index contributed by atoms with van der Waals surface area (Å²) in [7, 11) is 1.81. The van der Waals surface area contributed by atoms with E-state index in [1.54, 1.807) is 4.68 Å². The van der Waals surface area contributed by atoms with Gasteiger partial charge in [-0.3, -0.25) is 4.68 Å². The molecule has 0 spiro atoms. The van der Waals surface area contributed by atoms with E-state index in [4.69, 9.17) is 10.2 Å². The van der Waals surface area contributed by atoms with Crippen molar-refractivity contribution in [3.05, 3.63) is 30.7 Å². The van der Waals surface area contributed by atoms with E-state index >= 15 is 0 Å². The quantitative estimate of drug-likeness (QED) is 0.670. The molecule has 3 rings (SSSR count). The highest BCUT2D eigenvalue weighted by atomic mass is 16.3. The van der Waals surface area contributed by atoms with Gasteiger partial charge in [0.2, 0.25) is 0 Å². The summed E-state index contributed by atoms with van der Waals surface area (Å²) in [6.45, 7) is 0. The number of para-hydroxylation sites is 1. The van der Waals surface area contributed by atoms with Crippen molar-refractivity contribution in [3.63, 3.8) is 0 Å². The van der Waals surface area contributed by atoms with E-state index < -0.39 is 0 Å². The van der Waals surface area contributed by atoms with Crippen LogP contribution in [-0.4, -0.2) is 14.8 Å². The van der Waals surface area contributed by atoms with Gasteiger partial charge in [0, 0.05) is 18.7 Å². The molecule has 1 aromatic carbocycles. The third-order valence-electron chi connectivity index (χ3n) is 2.55. The first-order valence-corrected chi connectivity index (χ1v) is 4.88. The molecule has 0 aliphatic carbocycles. The minimum atomic E-state index is 0.621. The standard InChI is InChI=1S/C11H10N4O/c1-15-10(12)5-8(14-15)7-3-2-4-9-11(7)13-6-16-9/h2-6H,12H2,1H3. The summed E-state index contributed by atoms with van der Waals surface area (Å²) in [6.07, 6.45) is 1.43. The minimum absolute atomic E-state index is 0.621. The number of anilines is 1. The van der Waals surface area contributed by atoms with Crippen LogP contribution < -0.4 is 5.73 Å². The van der Waals surface area contributed by atoms with Crippen LogP contribution in [0.25, 0.3) is 22.4 Å². The number of rotatable bonds is 1. The second kappa shape index (κ2) is 3.10. The molecule has 2 N–H and O–H groups in total. The molecule has 5 nitrogen and oxygen atoms in total. The van der Waals surface area contributed by atoms with Crippen molar-refractivity contribution in [3.8, 4) is 11.3 Å². The Balaban J connectivity index is 2.29. The van der Waals surface area contributed by atoms with E-state index in [1.807, 2.05) is 31.3 Å². The second-order valence-corrected chi connectivity index (χ2v) is 3.58. The first kappa shape index (κ1) is 8.96. The molecular weight excluding hydrogens is 204 g/mol. The fourth-order valence-electron chi connectivity index (χ4n) is 1.71. The number of benzene rings is 1. The maximum Gasteiger partial charge on any atom is 0.182 e. The molecule has 0 amide bonds. The van der Waals surface area contributed by atoms with Crippen molar-refractivity contribution in [2.45, 2.75) is 0 Å². The number of nitrogens with zero attached hydrogens (tertiary/aromatic N) is 3. The fraction of sp³-hybridized carbons (Fsp3) is 0.0909. The zero-order chi connectivity index (χ0) is 11.1. The molecule has 3 aromatic rings. The van der Waals surface area contributed by atoms with Crippen LogP contribution in [0.1, 0.15) is 0 Å². The van der Waals surface area contributed by atoms with Crippen LogP contribution >= 0.6 is 0 Å². The van der Waals surface area contributed by atoms with Crippen molar-refractivity contribution in [1.82, 2.24) is 14.8 Å². The third-order valence-corrected chi connectivity index (χ3v) is 2.55. The zero-order valence-electron chi connectivity index (χ0n) is 8.71. The Morgan fingerprint density at radius 3 is 3.00 bits per heavy atom. The van der Waals surface area contributed by atoms with E-state index in [0.29, 0.717) is 5.82 Å². The predicted octanol–water partition coefficient (Wildman–Crippen LogP) is 1.81.